The summed E-state index contributed by atoms with van der Waals surface area (Å²) in [7, 11) is 1.86. The number of hydrogen-bond donors (Lipinski definition) is 0. The van der Waals surface area contributed by atoms with Gasteiger partial charge in [0.2, 0.25) is 0 Å². The number of benzene rings is 1. The van der Waals surface area contributed by atoms with E-state index in [4.69, 9.17) is 33.2 Å². The van der Waals surface area contributed by atoms with Gasteiger partial charge < -0.3 is 33.2 Å². The minimum absolute atomic E-state index is 0.122. The minimum atomic E-state index is -0.641. The fourth-order valence-electron chi connectivity index (χ4n) is 12.4. The van der Waals surface area contributed by atoms with E-state index in [0.29, 0.717) is 91.8 Å². The van der Waals surface area contributed by atoms with Gasteiger partial charge in [-0.2, -0.15) is 35.7 Å². The zero-order valence-corrected chi connectivity index (χ0v) is 64.1. The highest BCUT2D eigenvalue weighted by Gasteiger charge is 2.25. The van der Waals surface area contributed by atoms with Crippen LogP contribution in [0, 0.1) is 70.9 Å². The molecule has 106 heavy (non-hydrogen) atoms. The summed E-state index contributed by atoms with van der Waals surface area (Å²) in [4.78, 5) is 69.3. The van der Waals surface area contributed by atoms with Crippen molar-refractivity contribution >= 4 is 35.8 Å². The van der Waals surface area contributed by atoms with Gasteiger partial charge in [-0.25, -0.2) is 37.5 Å². The van der Waals surface area contributed by atoms with E-state index in [9.17, 15) is 37.5 Å². The second kappa shape index (κ2) is 42.5. The number of aromatic nitrogens is 14. The summed E-state index contributed by atoms with van der Waals surface area (Å²) in [6, 6.07) is 15.8. The smallest absolute Gasteiger partial charge is 0.358 e. The van der Waals surface area contributed by atoms with Crippen molar-refractivity contribution in [1.29, 1.82) is 0 Å². The van der Waals surface area contributed by atoms with Gasteiger partial charge >= 0.3 is 35.8 Å². The molecule has 1 unspecified atom stereocenters. The summed E-state index contributed by atoms with van der Waals surface area (Å²) in [5.41, 5.74) is 9.07. The predicted octanol–water partition coefficient (Wildman–Crippen LogP) is 13.1. The first kappa shape index (κ1) is 83.6. The number of rotatable bonds is 24. The first-order valence-electron chi connectivity index (χ1n) is 37.3. The van der Waals surface area contributed by atoms with Gasteiger partial charge in [-0.05, 0) is 201 Å². The molecule has 0 radical (unpaired) electrons. The Morgan fingerprint density at radius 3 is 1.01 bits per heavy atom. The van der Waals surface area contributed by atoms with Gasteiger partial charge in [-0.1, -0.05) is 44.6 Å². The summed E-state index contributed by atoms with van der Waals surface area (Å²) >= 11 is 0. The van der Waals surface area contributed by atoms with E-state index in [1.54, 1.807) is 75.2 Å². The maximum absolute atomic E-state index is 13.6. The quantitative estimate of drug-likeness (QED) is 0.0401. The molecule has 0 bridgehead atoms. The maximum Gasteiger partial charge on any atom is 0.358 e. The molecule has 3 aliphatic carbocycles. The molecule has 0 spiro atoms. The lowest BCUT2D eigenvalue weighted by Crippen LogP contribution is -2.19. The van der Waals surface area contributed by atoms with E-state index >= 15 is 0 Å². The van der Waals surface area contributed by atoms with Crippen molar-refractivity contribution in [2.24, 2.45) is 24.8 Å². The van der Waals surface area contributed by atoms with Gasteiger partial charge in [0, 0.05) is 85.3 Å². The SMILES string of the molecule is CCOC(=O)c1cc(C)n(CC2CCC2)n1.CCOC(=O)c1cc(C)n(CC2CCCC2)n1.CCOC(=O)c1cc(C)n(CC2CCCCC2)n1.CCOC(=O)c1cc(C)n(CC2CCCO2)n1.CCOC(=O)c1cc(C)n(Cc2ccc(F)cc2F)n1.CCOC(=O)c1cc(C)n(Cc2ccn(C)n2)n1. The van der Waals surface area contributed by atoms with Gasteiger partial charge in [0.15, 0.2) is 34.2 Å². The summed E-state index contributed by atoms with van der Waals surface area (Å²) in [5, 5.41) is 29.8. The lowest BCUT2D eigenvalue weighted by atomic mass is 9.85. The second-order valence-electron chi connectivity index (χ2n) is 26.7. The van der Waals surface area contributed by atoms with E-state index in [0.717, 1.165) is 91.1 Å². The molecule has 1 saturated heterocycles. The first-order chi connectivity index (χ1) is 50.9. The molecule has 29 heteroatoms. The zero-order valence-electron chi connectivity index (χ0n) is 64.1. The number of ether oxygens (including phenoxy) is 7. The monoisotopic (exact) mass is 1470 g/mol. The molecule has 4 fully saturated rings. The normalized spacial score (nSPS) is 14.8. The molecule has 1 aromatic carbocycles. The van der Waals surface area contributed by atoms with E-state index in [-0.39, 0.29) is 54.8 Å². The predicted molar refractivity (Wildman–Crippen MR) is 390 cm³/mol. The van der Waals surface area contributed by atoms with Crippen molar-refractivity contribution < 1.29 is 70.7 Å². The highest BCUT2D eigenvalue weighted by Crippen LogP contribution is 2.30. The van der Waals surface area contributed by atoms with Crippen molar-refractivity contribution in [2.75, 3.05) is 46.2 Å². The molecule has 0 N–H and O–H groups in total. The van der Waals surface area contributed by atoms with Crippen LogP contribution in [0.15, 0.2) is 66.9 Å². The largest absolute Gasteiger partial charge is 0.461 e. The van der Waals surface area contributed by atoms with Crippen LogP contribution in [-0.4, -0.2) is 157 Å². The molecule has 27 nitrogen and oxygen atoms in total. The Balaban J connectivity index is 0.000000178. The highest BCUT2D eigenvalue weighted by atomic mass is 19.1. The third-order valence-corrected chi connectivity index (χ3v) is 18.3. The van der Waals surface area contributed by atoms with Gasteiger partial charge in [0.05, 0.1) is 71.1 Å². The molecule has 1 aliphatic heterocycles. The number of aryl methyl sites for hydroxylation is 7. The van der Waals surface area contributed by atoms with E-state index in [2.05, 4.69) is 35.7 Å². The van der Waals surface area contributed by atoms with E-state index in [1.165, 1.54) is 93.9 Å². The minimum Gasteiger partial charge on any atom is -0.461 e. The Bertz CT molecular complexity index is 4020. The molecule has 0 amide bonds. The maximum atomic E-state index is 13.6. The molecule has 3 saturated carbocycles. The number of esters is 6. The molecular formula is C77H108F2N14O13. The Morgan fingerprint density at radius 1 is 0.387 bits per heavy atom. The van der Waals surface area contributed by atoms with Crippen LogP contribution in [0.25, 0.3) is 0 Å². The summed E-state index contributed by atoms with van der Waals surface area (Å²) in [5.74, 6) is -1.31. The van der Waals surface area contributed by atoms with Crippen molar-refractivity contribution in [2.45, 2.75) is 218 Å². The lowest BCUT2D eigenvalue weighted by Gasteiger charge is -2.25. The average Bonchev–Trinajstić information content (AvgIpc) is 1.72. The molecule has 12 rings (SSSR count). The standard InChI is InChI=1S/C14H14F2N2O2.C14H22N2O2.C13H20N2O2.C12H16N4O2.C12H18N2O3.C12H18N2O2/c1-3-20-14(19)13-6-9(2)18(17-13)8-10-4-5-11(15)7-12(10)16;1-3-18-14(17)13-9-11(2)16(15-13)10-12-7-5-4-6-8-12;1-3-17-13(16)12-8-10(2)15(14-12)9-11-6-4-5-7-11;1-4-18-12(17)11-7-9(2)16(14-11)8-10-5-6-15(3)13-10;1-3-16-12(15)11-7-9(2)14(13-11)8-10-5-4-6-17-10;1-3-16-12(15)11-7-9(2)14(13-11)8-10-5-4-6-10/h4-7H,3,8H2,1-2H3;9,12H,3-8,10H2,1-2H3;8,11H,3-7,9H2,1-2H3;5-7H,4,8H2,1-3H3;7,10H,3-6,8H2,1-2H3;7,10H,3-6,8H2,1-2H3. The molecule has 7 aromatic heterocycles. The summed E-state index contributed by atoms with van der Waals surface area (Å²) < 4.78 is 74.1. The van der Waals surface area contributed by atoms with E-state index < -0.39 is 17.6 Å². The fraction of sp³-hybridized carbons (Fsp3) is 0.571. The highest BCUT2D eigenvalue weighted by molar-refractivity contribution is 5.89. The molecule has 8 heterocycles. The van der Waals surface area contributed by atoms with Crippen LogP contribution >= 0.6 is 0 Å². The van der Waals surface area contributed by atoms with E-state index in [1.807, 2.05) is 91.7 Å². The topological polar surface area (TPSA) is 292 Å². The Hall–Kier alpha value is -9.67. The Kier molecular flexibility index (Phi) is 33.5. The van der Waals surface area contributed by atoms with Crippen LogP contribution in [0.5, 0.6) is 0 Å². The van der Waals surface area contributed by atoms with Crippen molar-refractivity contribution in [1.82, 2.24) is 68.5 Å². The van der Waals surface area contributed by atoms with Gasteiger partial charge in [-0.15, -0.1) is 0 Å². The molecular weight excluding hydrogens is 1370 g/mol. The van der Waals surface area contributed by atoms with Gasteiger partial charge in [0.1, 0.15) is 11.6 Å². The summed E-state index contributed by atoms with van der Waals surface area (Å²) in [6.45, 7) is 29.4. The van der Waals surface area contributed by atoms with Gasteiger partial charge in [0.25, 0.3) is 0 Å². The lowest BCUT2D eigenvalue weighted by molar-refractivity contribution is 0.0507. The second-order valence-corrected chi connectivity index (χ2v) is 26.7. The number of carbonyl (C=O) groups is 6. The zero-order chi connectivity index (χ0) is 76.8. The number of nitrogens with zero attached hydrogens (tertiary/aromatic N) is 14. The molecule has 1 atom stereocenters. The van der Waals surface area contributed by atoms with Crippen LogP contribution in [0.3, 0.4) is 0 Å². The third-order valence-electron chi connectivity index (χ3n) is 18.3. The van der Waals surface area contributed by atoms with Crippen LogP contribution < -0.4 is 0 Å². The third kappa shape index (κ3) is 25.8. The van der Waals surface area contributed by atoms with Crippen molar-refractivity contribution in [3.05, 3.63) is 158 Å². The number of carbonyl (C=O) groups excluding carboxylic acids is 6. The van der Waals surface area contributed by atoms with Crippen LogP contribution in [0.4, 0.5) is 8.78 Å². The molecule has 8 aromatic rings. The Labute approximate surface area is 619 Å². The van der Waals surface area contributed by atoms with Crippen molar-refractivity contribution in [3.8, 4) is 0 Å². The van der Waals surface area contributed by atoms with Gasteiger partial charge in [-0.3, -0.25) is 32.8 Å². The summed E-state index contributed by atoms with van der Waals surface area (Å²) in [6.07, 6.45) is 20.0. The van der Waals surface area contributed by atoms with Crippen molar-refractivity contribution in [3.63, 3.8) is 0 Å². The average molecular weight is 1480 g/mol. The first-order valence-corrected chi connectivity index (χ1v) is 37.3. The number of hydrogen-bond acceptors (Lipinski definition) is 20. The van der Waals surface area contributed by atoms with Crippen LogP contribution in [0.1, 0.15) is 240 Å². The molecule has 4 aliphatic rings. The van der Waals surface area contributed by atoms with Crippen LogP contribution in [-0.2, 0) is 79.5 Å². The van der Waals surface area contributed by atoms with Crippen LogP contribution in [0.2, 0.25) is 0 Å². The molecule has 578 valence electrons. The fourth-order valence-corrected chi connectivity index (χ4v) is 12.4. The Morgan fingerprint density at radius 2 is 0.708 bits per heavy atom. The number of halogens is 2.